The monoisotopic (exact) mass is 455 g/mol. The molecule has 3 aromatic rings. The molecule has 1 aliphatic carbocycles. The number of Topliss-reactive ketones (excluding diaryl/α,β-unsaturated/α-hetero) is 1. The standard InChI is InChI=1S/C28H25NO5/c1-17-24(28(32)33-15-14-18-8-3-2-4-9-18)25(26-21(29-17)11-7-12-22(26)30)20-16-34-23-13-6-5-10-19(23)27(20)31/h2-6,8-10,13,16,25,29H,7,11-12,14-15H2,1H3. The van der Waals surface area contributed by atoms with Crippen LogP contribution in [0.1, 0.15) is 43.2 Å². The number of hydrogen-bond donors (Lipinski definition) is 1. The van der Waals surface area contributed by atoms with Crippen LogP contribution in [0.5, 0.6) is 0 Å². The maximum Gasteiger partial charge on any atom is 0.336 e. The predicted molar refractivity (Wildman–Crippen MR) is 128 cm³/mol. The summed E-state index contributed by atoms with van der Waals surface area (Å²) in [6.07, 6.45) is 3.75. The number of rotatable bonds is 5. The molecule has 0 saturated heterocycles. The summed E-state index contributed by atoms with van der Waals surface area (Å²) in [7, 11) is 0. The van der Waals surface area contributed by atoms with Gasteiger partial charge >= 0.3 is 5.97 Å². The van der Waals surface area contributed by atoms with E-state index in [1.54, 1.807) is 31.2 Å². The number of dihydropyridines is 1. The number of ketones is 1. The fraction of sp³-hybridized carbons (Fsp3) is 0.250. The molecule has 0 radical (unpaired) electrons. The Morgan fingerprint density at radius 1 is 1.06 bits per heavy atom. The lowest BCUT2D eigenvalue weighted by Crippen LogP contribution is -2.36. The molecule has 5 rings (SSSR count). The van der Waals surface area contributed by atoms with Crippen molar-refractivity contribution in [2.45, 2.75) is 38.5 Å². The minimum atomic E-state index is -0.825. The molecule has 1 aromatic heterocycles. The Labute approximate surface area is 196 Å². The van der Waals surface area contributed by atoms with Crippen molar-refractivity contribution in [2.75, 3.05) is 6.61 Å². The lowest BCUT2D eigenvalue weighted by atomic mass is 9.75. The Morgan fingerprint density at radius 3 is 2.65 bits per heavy atom. The number of ether oxygens (including phenoxy) is 1. The molecule has 2 heterocycles. The highest BCUT2D eigenvalue weighted by atomic mass is 16.5. The van der Waals surface area contributed by atoms with Crippen molar-refractivity contribution < 1.29 is 18.7 Å². The number of hydrogen-bond acceptors (Lipinski definition) is 6. The van der Waals surface area contributed by atoms with Gasteiger partial charge in [0.15, 0.2) is 11.2 Å². The van der Waals surface area contributed by atoms with Crippen LogP contribution in [-0.4, -0.2) is 18.4 Å². The molecule has 6 heteroatoms. The molecule has 2 aliphatic rings. The third-order valence-electron chi connectivity index (χ3n) is 6.48. The third kappa shape index (κ3) is 3.96. The number of esters is 1. The number of benzene rings is 2. The quantitative estimate of drug-likeness (QED) is 0.568. The molecule has 1 N–H and O–H groups in total. The van der Waals surface area contributed by atoms with Crippen LogP contribution in [0.3, 0.4) is 0 Å². The summed E-state index contributed by atoms with van der Waals surface area (Å²) in [5.74, 6) is -1.43. The van der Waals surface area contributed by atoms with Gasteiger partial charge in [0.1, 0.15) is 5.58 Å². The van der Waals surface area contributed by atoms with Crippen LogP contribution in [0.2, 0.25) is 0 Å². The average Bonchev–Trinajstić information content (AvgIpc) is 2.84. The van der Waals surface area contributed by atoms with Crippen LogP contribution < -0.4 is 10.7 Å². The minimum Gasteiger partial charge on any atom is -0.464 e. The van der Waals surface area contributed by atoms with E-state index in [1.165, 1.54) is 6.26 Å². The second-order valence-corrected chi connectivity index (χ2v) is 8.65. The number of nitrogens with one attached hydrogen (secondary N) is 1. The van der Waals surface area contributed by atoms with Crippen molar-refractivity contribution in [3.8, 4) is 0 Å². The first-order valence-electron chi connectivity index (χ1n) is 11.5. The molecule has 1 unspecified atom stereocenters. The van der Waals surface area contributed by atoms with Crippen LogP contribution >= 0.6 is 0 Å². The van der Waals surface area contributed by atoms with E-state index in [1.807, 2.05) is 30.3 Å². The topological polar surface area (TPSA) is 85.6 Å². The van der Waals surface area contributed by atoms with Gasteiger partial charge in [0.05, 0.1) is 29.7 Å². The summed E-state index contributed by atoms with van der Waals surface area (Å²) in [6, 6.07) is 16.7. The lowest BCUT2D eigenvalue weighted by Gasteiger charge is -2.33. The van der Waals surface area contributed by atoms with Crippen molar-refractivity contribution >= 4 is 22.7 Å². The van der Waals surface area contributed by atoms with E-state index in [0.29, 0.717) is 41.5 Å². The summed E-state index contributed by atoms with van der Waals surface area (Å²) < 4.78 is 11.4. The maximum atomic E-state index is 13.5. The SMILES string of the molecule is CC1=C(C(=O)OCCc2ccccc2)C(c2coc3ccccc3c2=O)C2=C(CCCC2=O)N1. The zero-order valence-electron chi connectivity index (χ0n) is 18.9. The van der Waals surface area contributed by atoms with Gasteiger partial charge in [-0.15, -0.1) is 0 Å². The van der Waals surface area contributed by atoms with Crippen LogP contribution in [-0.2, 0) is 20.7 Å². The van der Waals surface area contributed by atoms with Crippen molar-refractivity contribution in [2.24, 2.45) is 0 Å². The van der Waals surface area contributed by atoms with Gasteiger partial charge in [0, 0.05) is 35.4 Å². The molecule has 1 aliphatic heterocycles. The van der Waals surface area contributed by atoms with Gasteiger partial charge in [-0.3, -0.25) is 9.59 Å². The highest BCUT2D eigenvalue weighted by Crippen LogP contribution is 2.41. The first-order chi connectivity index (χ1) is 16.5. The summed E-state index contributed by atoms with van der Waals surface area (Å²) in [5, 5.41) is 3.66. The van der Waals surface area contributed by atoms with E-state index < -0.39 is 11.9 Å². The molecule has 0 bridgehead atoms. The predicted octanol–water partition coefficient (Wildman–Crippen LogP) is 4.55. The smallest absolute Gasteiger partial charge is 0.336 e. The van der Waals surface area contributed by atoms with Crippen LogP contribution in [0.15, 0.2) is 92.6 Å². The van der Waals surface area contributed by atoms with Gasteiger partial charge in [-0.05, 0) is 37.5 Å². The summed E-state index contributed by atoms with van der Waals surface area (Å²) in [6.45, 7) is 1.98. The fourth-order valence-corrected chi connectivity index (χ4v) is 4.84. The Hall–Kier alpha value is -3.93. The normalized spacial score (nSPS) is 18.0. The van der Waals surface area contributed by atoms with E-state index >= 15 is 0 Å². The Bertz CT molecular complexity index is 1400. The molecule has 172 valence electrons. The summed E-state index contributed by atoms with van der Waals surface area (Å²) >= 11 is 0. The third-order valence-corrected chi connectivity index (χ3v) is 6.48. The van der Waals surface area contributed by atoms with E-state index in [-0.39, 0.29) is 29.0 Å². The molecule has 0 fully saturated rings. The van der Waals surface area contributed by atoms with Gasteiger partial charge in [0.2, 0.25) is 0 Å². The highest BCUT2D eigenvalue weighted by molar-refractivity contribution is 6.04. The van der Waals surface area contributed by atoms with Gasteiger partial charge in [-0.2, -0.15) is 0 Å². The van der Waals surface area contributed by atoms with Crippen LogP contribution in [0.25, 0.3) is 11.0 Å². The number of carbonyl (C=O) groups is 2. The molecule has 0 amide bonds. The van der Waals surface area contributed by atoms with Crippen molar-refractivity contribution in [3.63, 3.8) is 0 Å². The van der Waals surface area contributed by atoms with E-state index in [9.17, 15) is 14.4 Å². The van der Waals surface area contributed by atoms with Gasteiger partial charge in [0.25, 0.3) is 0 Å². The summed E-state index contributed by atoms with van der Waals surface area (Å²) in [5.41, 5.74) is 3.66. The second kappa shape index (κ2) is 9.14. The Morgan fingerprint density at radius 2 is 1.82 bits per heavy atom. The maximum absolute atomic E-state index is 13.5. The molecular weight excluding hydrogens is 430 g/mol. The lowest BCUT2D eigenvalue weighted by molar-refractivity contribution is -0.139. The summed E-state index contributed by atoms with van der Waals surface area (Å²) in [4.78, 5) is 39.9. The van der Waals surface area contributed by atoms with Crippen molar-refractivity contribution in [1.29, 1.82) is 0 Å². The first-order valence-corrected chi connectivity index (χ1v) is 11.5. The number of fused-ring (bicyclic) bond motifs is 1. The van der Waals surface area contributed by atoms with E-state index in [0.717, 1.165) is 17.7 Å². The largest absolute Gasteiger partial charge is 0.464 e. The van der Waals surface area contributed by atoms with Crippen LogP contribution in [0.4, 0.5) is 0 Å². The molecule has 2 aromatic carbocycles. The Balaban J connectivity index is 1.54. The molecule has 34 heavy (non-hydrogen) atoms. The number of allylic oxidation sites excluding steroid dienone is 3. The molecule has 0 spiro atoms. The van der Waals surface area contributed by atoms with Gasteiger partial charge in [-0.1, -0.05) is 42.5 Å². The van der Waals surface area contributed by atoms with E-state index in [2.05, 4.69) is 5.32 Å². The number of para-hydroxylation sites is 1. The first kappa shape index (κ1) is 21.9. The van der Waals surface area contributed by atoms with Crippen molar-refractivity contribution in [1.82, 2.24) is 5.32 Å². The van der Waals surface area contributed by atoms with Crippen LogP contribution in [0, 0.1) is 0 Å². The van der Waals surface area contributed by atoms with E-state index in [4.69, 9.17) is 9.15 Å². The second-order valence-electron chi connectivity index (χ2n) is 8.65. The molecule has 6 nitrogen and oxygen atoms in total. The zero-order valence-corrected chi connectivity index (χ0v) is 18.9. The van der Waals surface area contributed by atoms with Gasteiger partial charge < -0.3 is 14.5 Å². The minimum absolute atomic E-state index is 0.0617. The molecular formula is C28H25NO5. The molecule has 0 saturated carbocycles. The average molecular weight is 456 g/mol. The fourth-order valence-electron chi connectivity index (χ4n) is 4.84. The zero-order chi connectivity index (χ0) is 23.7. The van der Waals surface area contributed by atoms with Gasteiger partial charge in [-0.25, -0.2) is 4.79 Å². The van der Waals surface area contributed by atoms with Crippen molar-refractivity contribution in [3.05, 3.63) is 105 Å². The number of carbonyl (C=O) groups excluding carboxylic acids is 2. The highest BCUT2D eigenvalue weighted by Gasteiger charge is 2.40. The Kier molecular flexibility index (Phi) is 5.88. The molecule has 1 atom stereocenters.